The maximum absolute atomic E-state index is 13.6. The molecule has 27 heavy (non-hydrogen) atoms. The molecule has 0 N–H and O–H groups in total. The standard InChI is InChI=1S/C17H11BrF3N5O/c1-8-23-24-14(27-8)7-26-13-5-10(6-22-15(13)16(18)25-26)9-2-3-12(19)11(4-9)17(20)21/h2-6,17H,7H2,1H3. The fourth-order valence-electron chi connectivity index (χ4n) is 2.71. The largest absolute Gasteiger partial charge is 0.424 e. The van der Waals surface area contributed by atoms with Crippen LogP contribution in [0.4, 0.5) is 13.2 Å². The van der Waals surface area contributed by atoms with Gasteiger partial charge in [0.1, 0.15) is 17.9 Å². The Morgan fingerprint density at radius 1 is 1.19 bits per heavy atom. The molecule has 0 aliphatic heterocycles. The molecule has 10 heteroatoms. The number of fused-ring (bicyclic) bond motifs is 1. The summed E-state index contributed by atoms with van der Waals surface area (Å²) in [4.78, 5) is 4.34. The van der Waals surface area contributed by atoms with E-state index in [9.17, 15) is 13.2 Å². The van der Waals surface area contributed by atoms with E-state index >= 15 is 0 Å². The summed E-state index contributed by atoms with van der Waals surface area (Å²) in [7, 11) is 0. The van der Waals surface area contributed by atoms with Crippen molar-refractivity contribution in [2.45, 2.75) is 19.9 Å². The zero-order valence-electron chi connectivity index (χ0n) is 13.8. The molecule has 1 aromatic carbocycles. The summed E-state index contributed by atoms with van der Waals surface area (Å²) in [5.41, 5.74) is 1.56. The Bertz CT molecular complexity index is 1140. The van der Waals surface area contributed by atoms with E-state index in [1.54, 1.807) is 17.7 Å². The summed E-state index contributed by atoms with van der Waals surface area (Å²) in [5, 5.41) is 12.1. The number of rotatable bonds is 4. The second-order valence-corrected chi connectivity index (χ2v) is 6.54. The fourth-order valence-corrected chi connectivity index (χ4v) is 3.21. The molecule has 4 aromatic rings. The van der Waals surface area contributed by atoms with Gasteiger partial charge in [0.25, 0.3) is 6.43 Å². The average Bonchev–Trinajstić information content (AvgIpc) is 3.18. The Labute approximate surface area is 159 Å². The van der Waals surface area contributed by atoms with Crippen molar-refractivity contribution in [3.8, 4) is 11.1 Å². The maximum Gasteiger partial charge on any atom is 0.266 e. The number of aryl methyl sites for hydroxylation is 1. The van der Waals surface area contributed by atoms with Crippen molar-refractivity contribution in [1.82, 2.24) is 25.0 Å². The average molecular weight is 438 g/mol. The Morgan fingerprint density at radius 3 is 2.70 bits per heavy atom. The van der Waals surface area contributed by atoms with Crippen LogP contribution >= 0.6 is 15.9 Å². The van der Waals surface area contributed by atoms with E-state index < -0.39 is 17.8 Å². The lowest BCUT2D eigenvalue weighted by Crippen LogP contribution is -2.02. The highest BCUT2D eigenvalue weighted by atomic mass is 79.9. The zero-order valence-corrected chi connectivity index (χ0v) is 15.4. The van der Waals surface area contributed by atoms with Gasteiger partial charge in [-0.2, -0.15) is 5.10 Å². The van der Waals surface area contributed by atoms with Crippen molar-refractivity contribution in [3.63, 3.8) is 0 Å². The lowest BCUT2D eigenvalue weighted by atomic mass is 10.0. The van der Waals surface area contributed by atoms with Gasteiger partial charge in [0.2, 0.25) is 11.8 Å². The number of pyridine rings is 1. The molecule has 0 amide bonds. The molecule has 0 aliphatic rings. The number of nitrogens with zero attached hydrogens (tertiary/aromatic N) is 5. The number of halogens is 4. The highest BCUT2D eigenvalue weighted by Gasteiger charge is 2.17. The Balaban J connectivity index is 1.79. The predicted molar refractivity (Wildman–Crippen MR) is 93.7 cm³/mol. The second-order valence-electron chi connectivity index (χ2n) is 5.79. The van der Waals surface area contributed by atoms with E-state index in [0.717, 1.165) is 12.1 Å². The van der Waals surface area contributed by atoms with Gasteiger partial charge in [0.05, 0.1) is 11.1 Å². The number of aromatic nitrogens is 5. The van der Waals surface area contributed by atoms with Gasteiger partial charge in [0.15, 0.2) is 4.60 Å². The van der Waals surface area contributed by atoms with Crippen LogP contribution in [0, 0.1) is 12.7 Å². The third-order valence-electron chi connectivity index (χ3n) is 3.97. The number of hydrogen-bond donors (Lipinski definition) is 0. The molecule has 3 heterocycles. The molecule has 0 radical (unpaired) electrons. The summed E-state index contributed by atoms with van der Waals surface area (Å²) < 4.78 is 47.0. The smallest absolute Gasteiger partial charge is 0.266 e. The third kappa shape index (κ3) is 3.32. The van der Waals surface area contributed by atoms with Crippen molar-refractivity contribution >= 4 is 27.0 Å². The van der Waals surface area contributed by atoms with E-state index in [4.69, 9.17) is 4.42 Å². The first-order chi connectivity index (χ1) is 12.9. The molecule has 6 nitrogen and oxygen atoms in total. The van der Waals surface area contributed by atoms with Crippen LogP contribution in [0.5, 0.6) is 0 Å². The molecule has 0 aliphatic carbocycles. The van der Waals surface area contributed by atoms with Crippen molar-refractivity contribution in [2.24, 2.45) is 0 Å². The van der Waals surface area contributed by atoms with Crippen LogP contribution in [0.25, 0.3) is 22.2 Å². The highest BCUT2D eigenvalue weighted by molar-refractivity contribution is 9.10. The topological polar surface area (TPSA) is 69.6 Å². The molecule has 4 rings (SSSR count). The molecular formula is C17H11BrF3N5O. The van der Waals surface area contributed by atoms with Crippen LogP contribution in [0.2, 0.25) is 0 Å². The van der Waals surface area contributed by atoms with Crippen molar-refractivity contribution < 1.29 is 17.6 Å². The fraction of sp³-hybridized carbons (Fsp3) is 0.176. The van der Waals surface area contributed by atoms with Crippen LogP contribution in [-0.2, 0) is 6.54 Å². The van der Waals surface area contributed by atoms with Crippen molar-refractivity contribution in [1.29, 1.82) is 0 Å². The summed E-state index contributed by atoms with van der Waals surface area (Å²) >= 11 is 3.35. The van der Waals surface area contributed by atoms with Crippen LogP contribution in [-0.4, -0.2) is 25.0 Å². The third-order valence-corrected chi connectivity index (χ3v) is 4.50. The maximum atomic E-state index is 13.6. The summed E-state index contributed by atoms with van der Waals surface area (Å²) in [6, 6.07) is 5.32. The molecule has 0 spiro atoms. The van der Waals surface area contributed by atoms with Gasteiger partial charge < -0.3 is 4.42 Å². The summed E-state index contributed by atoms with van der Waals surface area (Å²) in [6.45, 7) is 1.90. The minimum atomic E-state index is -2.90. The van der Waals surface area contributed by atoms with Gasteiger partial charge in [-0.1, -0.05) is 6.07 Å². The first-order valence-electron chi connectivity index (χ1n) is 7.81. The molecule has 0 saturated carbocycles. The molecular weight excluding hydrogens is 427 g/mol. The van der Waals surface area contributed by atoms with Gasteiger partial charge in [-0.25, -0.2) is 13.2 Å². The van der Waals surface area contributed by atoms with Crippen molar-refractivity contribution in [2.75, 3.05) is 0 Å². The van der Waals surface area contributed by atoms with Gasteiger partial charge in [-0.05, 0) is 39.7 Å². The highest BCUT2D eigenvalue weighted by Crippen LogP contribution is 2.30. The summed E-state index contributed by atoms with van der Waals surface area (Å²) in [6.07, 6.45) is -1.37. The van der Waals surface area contributed by atoms with Gasteiger partial charge in [-0.3, -0.25) is 9.67 Å². The zero-order chi connectivity index (χ0) is 19.1. The molecule has 138 valence electrons. The normalized spacial score (nSPS) is 11.6. The van der Waals surface area contributed by atoms with E-state index in [1.807, 2.05) is 0 Å². The van der Waals surface area contributed by atoms with Crippen LogP contribution in [0.3, 0.4) is 0 Å². The molecule has 0 saturated heterocycles. The SMILES string of the molecule is Cc1nnc(Cn2nc(Br)c3ncc(-c4ccc(F)c(C(F)F)c4)cc32)o1. The number of benzene rings is 1. The molecule has 0 fully saturated rings. The molecule has 3 aromatic heterocycles. The monoisotopic (exact) mass is 437 g/mol. The lowest BCUT2D eigenvalue weighted by molar-refractivity contribution is 0.146. The van der Waals surface area contributed by atoms with Gasteiger partial charge >= 0.3 is 0 Å². The van der Waals surface area contributed by atoms with Crippen LogP contribution in [0.1, 0.15) is 23.8 Å². The minimum Gasteiger partial charge on any atom is -0.424 e. The number of alkyl halides is 2. The minimum absolute atomic E-state index is 0.222. The quantitative estimate of drug-likeness (QED) is 0.463. The van der Waals surface area contributed by atoms with E-state index in [0.29, 0.717) is 38.5 Å². The predicted octanol–water partition coefficient (Wildman–Crippen LogP) is 4.68. The summed E-state index contributed by atoms with van der Waals surface area (Å²) in [5.74, 6) is -0.135. The van der Waals surface area contributed by atoms with Crippen LogP contribution < -0.4 is 0 Å². The molecule has 0 bridgehead atoms. The molecule has 0 unspecified atom stereocenters. The van der Waals surface area contributed by atoms with E-state index in [1.165, 1.54) is 12.3 Å². The first kappa shape index (κ1) is 17.7. The Hall–Kier alpha value is -2.75. The Kier molecular flexibility index (Phi) is 4.42. The van der Waals surface area contributed by atoms with Gasteiger partial charge in [-0.15, -0.1) is 10.2 Å². The van der Waals surface area contributed by atoms with Crippen LogP contribution in [0.15, 0.2) is 39.5 Å². The first-order valence-corrected chi connectivity index (χ1v) is 8.60. The van der Waals surface area contributed by atoms with Gasteiger partial charge in [0, 0.05) is 18.7 Å². The number of hydrogen-bond acceptors (Lipinski definition) is 5. The second kappa shape index (κ2) is 6.76. The van der Waals surface area contributed by atoms with Crippen molar-refractivity contribution in [3.05, 3.63) is 58.2 Å². The lowest BCUT2D eigenvalue weighted by Gasteiger charge is -2.07. The molecule has 0 atom stereocenters. The van der Waals surface area contributed by atoms with E-state index in [-0.39, 0.29) is 6.54 Å². The van der Waals surface area contributed by atoms with E-state index in [2.05, 4.69) is 36.2 Å². The Morgan fingerprint density at radius 2 is 2.00 bits per heavy atom.